The highest BCUT2D eigenvalue weighted by Crippen LogP contribution is 2.14. The van der Waals surface area contributed by atoms with E-state index in [1.54, 1.807) is 24.3 Å². The van der Waals surface area contributed by atoms with E-state index in [9.17, 15) is 5.11 Å². The molecule has 3 N–H and O–H groups in total. The lowest BCUT2D eigenvalue weighted by Crippen LogP contribution is -2.23. The van der Waals surface area contributed by atoms with Crippen LogP contribution in [0, 0.1) is 0 Å². The summed E-state index contributed by atoms with van der Waals surface area (Å²) in [4.78, 5) is 0. The Morgan fingerprint density at radius 1 is 1.00 bits per heavy atom. The second kappa shape index (κ2) is 8.02. The third-order valence-corrected chi connectivity index (χ3v) is 3.34. The summed E-state index contributed by atoms with van der Waals surface area (Å²) < 4.78 is 11.9. The van der Waals surface area contributed by atoms with Crippen LogP contribution in [0.5, 0.6) is 5.75 Å². The minimum atomic E-state index is -0.669. The molecule has 0 fully saturated rings. The maximum atomic E-state index is 9.81. The number of ether oxygens (including phenoxy) is 2. The lowest BCUT2D eigenvalue weighted by Gasteiger charge is -2.13. The Labute approximate surface area is 132 Å². The van der Waals surface area contributed by atoms with Crippen LogP contribution in [0.4, 0.5) is 5.69 Å². The van der Waals surface area contributed by atoms with Gasteiger partial charge in [-0.25, -0.2) is 0 Å². The summed E-state index contributed by atoms with van der Waals surface area (Å²) in [5, 5.41) is 9.81. The molecular weight excluding hydrogens is 334 g/mol. The van der Waals surface area contributed by atoms with Crippen LogP contribution in [-0.4, -0.2) is 24.4 Å². The van der Waals surface area contributed by atoms with Gasteiger partial charge in [0.1, 0.15) is 18.5 Å². The minimum Gasteiger partial charge on any atom is -0.491 e. The predicted octanol–water partition coefficient (Wildman–Crippen LogP) is 2.99. The molecule has 5 heteroatoms. The van der Waals surface area contributed by atoms with Crippen molar-refractivity contribution in [3.8, 4) is 5.75 Å². The Morgan fingerprint density at radius 3 is 2.33 bits per heavy atom. The molecule has 0 heterocycles. The van der Waals surface area contributed by atoms with Gasteiger partial charge in [-0.1, -0.05) is 28.1 Å². The summed E-state index contributed by atoms with van der Waals surface area (Å²) in [6, 6.07) is 14.9. The minimum absolute atomic E-state index is 0.185. The molecule has 4 nitrogen and oxygen atoms in total. The molecule has 0 aliphatic carbocycles. The maximum absolute atomic E-state index is 9.81. The molecule has 1 atom stereocenters. The molecule has 0 radical (unpaired) electrons. The second-order valence-electron chi connectivity index (χ2n) is 4.68. The third-order valence-electron chi connectivity index (χ3n) is 2.81. The molecule has 0 amide bonds. The number of halogens is 1. The maximum Gasteiger partial charge on any atom is 0.119 e. The van der Waals surface area contributed by atoms with E-state index < -0.39 is 6.10 Å². The van der Waals surface area contributed by atoms with Crippen molar-refractivity contribution < 1.29 is 14.6 Å². The quantitative estimate of drug-likeness (QED) is 0.752. The summed E-state index contributed by atoms with van der Waals surface area (Å²) in [5.74, 6) is 0.677. The van der Waals surface area contributed by atoms with Gasteiger partial charge >= 0.3 is 0 Å². The van der Waals surface area contributed by atoms with Gasteiger partial charge in [-0.05, 0) is 42.0 Å². The van der Waals surface area contributed by atoms with Gasteiger partial charge in [0.25, 0.3) is 0 Å². The van der Waals surface area contributed by atoms with E-state index in [2.05, 4.69) is 15.9 Å². The Morgan fingerprint density at radius 2 is 1.67 bits per heavy atom. The van der Waals surface area contributed by atoms with Gasteiger partial charge in [0.2, 0.25) is 0 Å². The van der Waals surface area contributed by atoms with E-state index in [-0.39, 0.29) is 13.2 Å². The van der Waals surface area contributed by atoms with E-state index in [0.29, 0.717) is 18.0 Å². The molecule has 2 aromatic rings. The van der Waals surface area contributed by atoms with Crippen molar-refractivity contribution in [2.75, 3.05) is 18.9 Å². The van der Waals surface area contributed by atoms with E-state index in [1.165, 1.54) is 0 Å². The van der Waals surface area contributed by atoms with E-state index in [4.69, 9.17) is 15.2 Å². The molecule has 0 aliphatic rings. The van der Waals surface area contributed by atoms with Crippen LogP contribution in [0.25, 0.3) is 0 Å². The Hall–Kier alpha value is -1.56. The first-order valence-electron chi connectivity index (χ1n) is 6.62. The fourth-order valence-electron chi connectivity index (χ4n) is 1.70. The molecule has 2 rings (SSSR count). The van der Waals surface area contributed by atoms with Crippen molar-refractivity contribution in [3.63, 3.8) is 0 Å². The van der Waals surface area contributed by atoms with Gasteiger partial charge in [-0.3, -0.25) is 0 Å². The largest absolute Gasteiger partial charge is 0.491 e. The fraction of sp³-hybridized carbons (Fsp3) is 0.250. The summed E-state index contributed by atoms with van der Waals surface area (Å²) in [7, 11) is 0. The standard InChI is InChI=1S/C16H18BrNO3/c17-13-3-1-12(2-4-13)9-20-10-15(19)11-21-16-7-5-14(18)6-8-16/h1-8,15,19H,9-11,18H2. The second-order valence-corrected chi connectivity index (χ2v) is 5.59. The summed E-state index contributed by atoms with van der Waals surface area (Å²) in [5.41, 5.74) is 7.33. The molecular formula is C16H18BrNO3. The number of benzene rings is 2. The zero-order valence-electron chi connectivity index (χ0n) is 11.5. The normalized spacial score (nSPS) is 12.1. The monoisotopic (exact) mass is 351 g/mol. The molecule has 2 aromatic carbocycles. The molecule has 1 unspecified atom stereocenters. The predicted molar refractivity (Wildman–Crippen MR) is 86.2 cm³/mol. The zero-order valence-corrected chi connectivity index (χ0v) is 13.1. The molecule has 0 spiro atoms. The van der Waals surface area contributed by atoms with E-state index in [1.807, 2.05) is 24.3 Å². The summed E-state index contributed by atoms with van der Waals surface area (Å²) in [6.45, 7) is 0.876. The van der Waals surface area contributed by atoms with Crippen LogP contribution >= 0.6 is 15.9 Å². The molecule has 0 aliphatic heterocycles. The number of hydrogen-bond donors (Lipinski definition) is 2. The number of hydrogen-bond acceptors (Lipinski definition) is 4. The zero-order chi connectivity index (χ0) is 15.1. The molecule has 0 saturated carbocycles. The highest BCUT2D eigenvalue weighted by Gasteiger charge is 2.06. The number of nitrogen functional groups attached to an aromatic ring is 1. The molecule has 0 saturated heterocycles. The van der Waals surface area contributed by atoms with Gasteiger partial charge < -0.3 is 20.3 Å². The summed E-state index contributed by atoms with van der Waals surface area (Å²) >= 11 is 3.38. The van der Waals surface area contributed by atoms with Crippen molar-refractivity contribution >= 4 is 21.6 Å². The summed E-state index contributed by atoms with van der Waals surface area (Å²) in [6.07, 6.45) is -0.669. The highest BCUT2D eigenvalue weighted by molar-refractivity contribution is 9.10. The van der Waals surface area contributed by atoms with Crippen molar-refractivity contribution in [1.82, 2.24) is 0 Å². The van der Waals surface area contributed by atoms with Crippen LogP contribution in [0.3, 0.4) is 0 Å². The lowest BCUT2D eigenvalue weighted by molar-refractivity contribution is 0.00549. The van der Waals surface area contributed by atoms with Gasteiger partial charge in [-0.2, -0.15) is 0 Å². The number of aliphatic hydroxyl groups excluding tert-OH is 1. The highest BCUT2D eigenvalue weighted by atomic mass is 79.9. The van der Waals surface area contributed by atoms with E-state index >= 15 is 0 Å². The average Bonchev–Trinajstić information content (AvgIpc) is 2.49. The first-order chi connectivity index (χ1) is 10.1. The molecule has 112 valence electrons. The van der Waals surface area contributed by atoms with Crippen LogP contribution in [-0.2, 0) is 11.3 Å². The SMILES string of the molecule is Nc1ccc(OCC(O)COCc2ccc(Br)cc2)cc1. The van der Waals surface area contributed by atoms with Crippen LogP contribution in [0.2, 0.25) is 0 Å². The van der Waals surface area contributed by atoms with E-state index in [0.717, 1.165) is 10.0 Å². The van der Waals surface area contributed by atoms with Crippen molar-refractivity contribution in [1.29, 1.82) is 0 Å². The molecule has 0 bridgehead atoms. The van der Waals surface area contributed by atoms with Crippen molar-refractivity contribution in [2.45, 2.75) is 12.7 Å². The average molecular weight is 352 g/mol. The number of anilines is 1. The Bertz CT molecular complexity index is 542. The lowest BCUT2D eigenvalue weighted by atomic mass is 10.2. The van der Waals surface area contributed by atoms with Crippen LogP contribution < -0.4 is 10.5 Å². The topological polar surface area (TPSA) is 64.7 Å². The molecule has 0 aromatic heterocycles. The number of rotatable bonds is 7. The Kier molecular flexibility index (Phi) is 6.04. The third kappa shape index (κ3) is 5.75. The number of aliphatic hydroxyl groups is 1. The Balaban J connectivity index is 1.66. The van der Waals surface area contributed by atoms with Gasteiger partial charge in [-0.15, -0.1) is 0 Å². The molecule has 21 heavy (non-hydrogen) atoms. The smallest absolute Gasteiger partial charge is 0.119 e. The van der Waals surface area contributed by atoms with Gasteiger partial charge in [0.15, 0.2) is 0 Å². The van der Waals surface area contributed by atoms with Crippen molar-refractivity contribution in [3.05, 3.63) is 58.6 Å². The first-order valence-corrected chi connectivity index (χ1v) is 7.41. The van der Waals surface area contributed by atoms with Crippen LogP contribution in [0.15, 0.2) is 53.0 Å². The first kappa shape index (κ1) is 15.8. The van der Waals surface area contributed by atoms with Crippen LogP contribution in [0.1, 0.15) is 5.56 Å². The number of nitrogens with two attached hydrogens (primary N) is 1. The van der Waals surface area contributed by atoms with Gasteiger partial charge in [0, 0.05) is 10.2 Å². The fourth-order valence-corrected chi connectivity index (χ4v) is 1.96. The van der Waals surface area contributed by atoms with Crippen molar-refractivity contribution in [2.24, 2.45) is 0 Å². The van der Waals surface area contributed by atoms with Gasteiger partial charge in [0.05, 0.1) is 13.2 Å².